The zero-order valence-electron chi connectivity index (χ0n) is 9.76. The van der Waals surface area contributed by atoms with Gasteiger partial charge < -0.3 is 4.74 Å². The summed E-state index contributed by atoms with van der Waals surface area (Å²) in [4.78, 5) is 0. The molecule has 1 nitrogen and oxygen atoms in total. The maximum atomic E-state index is 5.76. The fourth-order valence-electron chi connectivity index (χ4n) is 1.72. The van der Waals surface area contributed by atoms with E-state index in [9.17, 15) is 0 Å². The molecule has 0 fully saturated rings. The minimum absolute atomic E-state index is 0.716. The molecule has 1 heterocycles. The van der Waals surface area contributed by atoms with E-state index in [4.69, 9.17) is 4.74 Å². The van der Waals surface area contributed by atoms with Gasteiger partial charge in [-0.15, -0.1) is 0 Å². The second-order valence-corrected chi connectivity index (χ2v) is 6.12. The van der Waals surface area contributed by atoms with Crippen molar-refractivity contribution < 1.29 is 4.74 Å². The Morgan fingerprint density at radius 3 is 2.87 bits per heavy atom. The Bertz CT molecular complexity index is 243. The number of halogens is 1. The van der Waals surface area contributed by atoms with Gasteiger partial charge in [-0.25, -0.2) is 0 Å². The highest BCUT2D eigenvalue weighted by atomic mass is 127. The van der Waals surface area contributed by atoms with Crippen molar-refractivity contribution in [3.8, 4) is 0 Å². The molecule has 0 aromatic carbocycles. The summed E-state index contributed by atoms with van der Waals surface area (Å²) in [5, 5.41) is 0. The van der Waals surface area contributed by atoms with Crippen LogP contribution in [-0.2, 0) is 4.74 Å². The molecular weight excluding hydrogens is 299 g/mol. The minimum atomic E-state index is 0.716. The Morgan fingerprint density at radius 1 is 1.67 bits per heavy atom. The zero-order valence-corrected chi connectivity index (χ0v) is 11.9. The summed E-state index contributed by atoms with van der Waals surface area (Å²) < 4.78 is 7.00. The van der Waals surface area contributed by atoms with Gasteiger partial charge in [0.1, 0.15) is 0 Å². The molecule has 2 heteroatoms. The Balaban J connectivity index is 2.25. The largest absolute Gasteiger partial charge is 0.498 e. The molecule has 0 radical (unpaired) electrons. The number of allylic oxidation sites excluding steroid dienone is 3. The van der Waals surface area contributed by atoms with Gasteiger partial charge in [-0.1, -0.05) is 20.4 Å². The van der Waals surface area contributed by atoms with E-state index in [1.54, 1.807) is 0 Å². The predicted molar refractivity (Wildman–Crippen MR) is 74.0 cm³/mol. The first-order chi connectivity index (χ1) is 7.09. The van der Waals surface area contributed by atoms with Crippen LogP contribution < -0.4 is 0 Å². The van der Waals surface area contributed by atoms with Crippen LogP contribution in [0.15, 0.2) is 22.0 Å². The highest BCUT2D eigenvalue weighted by Crippen LogP contribution is 2.26. The van der Waals surface area contributed by atoms with Crippen LogP contribution in [0, 0.1) is 11.8 Å². The minimum Gasteiger partial charge on any atom is -0.498 e. The highest BCUT2D eigenvalue weighted by molar-refractivity contribution is 14.1. The standard InChI is InChI=1S/C13H21IO/c1-10(2)12-7-8-13(15-9-12)6-4-5-11(3)14/h8,10,12H,3-7,9H2,1-2H3/t12-/m1/s1. The van der Waals surface area contributed by atoms with Crippen molar-refractivity contribution in [1.29, 1.82) is 0 Å². The third-order valence-corrected chi connectivity index (χ3v) is 3.48. The lowest BCUT2D eigenvalue weighted by atomic mass is 9.91. The van der Waals surface area contributed by atoms with E-state index >= 15 is 0 Å². The van der Waals surface area contributed by atoms with Gasteiger partial charge in [-0.2, -0.15) is 0 Å². The Morgan fingerprint density at radius 2 is 2.40 bits per heavy atom. The molecule has 0 N–H and O–H groups in total. The Labute approximate surface area is 107 Å². The van der Waals surface area contributed by atoms with Crippen LogP contribution in [0.3, 0.4) is 0 Å². The van der Waals surface area contributed by atoms with Gasteiger partial charge in [-0.05, 0) is 63.3 Å². The van der Waals surface area contributed by atoms with Crippen LogP contribution in [-0.4, -0.2) is 6.61 Å². The average molecular weight is 320 g/mol. The van der Waals surface area contributed by atoms with Crippen LogP contribution in [0.4, 0.5) is 0 Å². The zero-order chi connectivity index (χ0) is 11.3. The molecule has 0 saturated heterocycles. The van der Waals surface area contributed by atoms with E-state index in [1.165, 1.54) is 22.2 Å². The second-order valence-electron chi connectivity index (χ2n) is 4.59. The number of rotatable bonds is 5. The summed E-state index contributed by atoms with van der Waals surface area (Å²) in [6.45, 7) is 9.35. The molecule has 0 bridgehead atoms. The Kier molecular flexibility index (Phi) is 5.72. The molecule has 86 valence electrons. The lowest BCUT2D eigenvalue weighted by molar-refractivity contribution is 0.115. The van der Waals surface area contributed by atoms with Gasteiger partial charge in [0.25, 0.3) is 0 Å². The molecule has 1 aliphatic heterocycles. The first-order valence-electron chi connectivity index (χ1n) is 5.74. The van der Waals surface area contributed by atoms with Crippen molar-refractivity contribution in [2.75, 3.05) is 6.61 Å². The van der Waals surface area contributed by atoms with Crippen LogP contribution in [0.2, 0.25) is 0 Å². The van der Waals surface area contributed by atoms with E-state index in [0.717, 1.165) is 25.4 Å². The summed E-state index contributed by atoms with van der Waals surface area (Å²) in [6, 6.07) is 0. The summed E-state index contributed by atoms with van der Waals surface area (Å²) >= 11 is 2.29. The fraction of sp³-hybridized carbons (Fsp3) is 0.692. The lowest BCUT2D eigenvalue weighted by Gasteiger charge is -2.25. The number of ether oxygens (including phenoxy) is 1. The van der Waals surface area contributed by atoms with Gasteiger partial charge in [0.05, 0.1) is 12.4 Å². The first-order valence-corrected chi connectivity index (χ1v) is 6.82. The van der Waals surface area contributed by atoms with Crippen molar-refractivity contribution >= 4 is 22.6 Å². The molecule has 15 heavy (non-hydrogen) atoms. The van der Waals surface area contributed by atoms with E-state index in [0.29, 0.717) is 5.92 Å². The fourth-order valence-corrected chi connectivity index (χ4v) is 2.10. The second kappa shape index (κ2) is 6.56. The van der Waals surface area contributed by atoms with E-state index in [-0.39, 0.29) is 0 Å². The third-order valence-electron chi connectivity index (χ3n) is 2.95. The van der Waals surface area contributed by atoms with Crippen molar-refractivity contribution in [2.45, 2.75) is 39.5 Å². The van der Waals surface area contributed by atoms with Gasteiger partial charge in [0, 0.05) is 6.42 Å². The van der Waals surface area contributed by atoms with Crippen molar-refractivity contribution in [3.63, 3.8) is 0 Å². The quantitative estimate of drug-likeness (QED) is 0.668. The molecule has 0 unspecified atom stereocenters. The van der Waals surface area contributed by atoms with Crippen LogP contribution in [0.1, 0.15) is 39.5 Å². The number of hydrogen-bond acceptors (Lipinski definition) is 1. The first kappa shape index (κ1) is 13.1. The summed E-state index contributed by atoms with van der Waals surface area (Å²) in [7, 11) is 0. The van der Waals surface area contributed by atoms with Gasteiger partial charge >= 0.3 is 0 Å². The average Bonchev–Trinajstić information content (AvgIpc) is 2.18. The van der Waals surface area contributed by atoms with E-state index in [2.05, 4.69) is 49.1 Å². The summed E-state index contributed by atoms with van der Waals surface area (Å²) in [5.74, 6) is 2.65. The Hall–Kier alpha value is 0.01000. The van der Waals surface area contributed by atoms with Crippen LogP contribution in [0.5, 0.6) is 0 Å². The molecule has 0 aliphatic carbocycles. The highest BCUT2D eigenvalue weighted by Gasteiger charge is 2.17. The van der Waals surface area contributed by atoms with Crippen molar-refractivity contribution in [3.05, 3.63) is 22.0 Å². The van der Waals surface area contributed by atoms with Gasteiger partial charge in [-0.3, -0.25) is 0 Å². The van der Waals surface area contributed by atoms with E-state index in [1.807, 2.05) is 0 Å². The molecule has 1 atom stereocenters. The molecule has 0 amide bonds. The predicted octanol–water partition coefficient (Wildman–Crippen LogP) is 4.68. The van der Waals surface area contributed by atoms with Crippen LogP contribution >= 0.6 is 22.6 Å². The lowest BCUT2D eigenvalue weighted by Crippen LogP contribution is -2.19. The van der Waals surface area contributed by atoms with Crippen molar-refractivity contribution in [1.82, 2.24) is 0 Å². The summed E-state index contributed by atoms with van der Waals surface area (Å²) in [5.41, 5.74) is 0. The SMILES string of the molecule is C=C(I)CCCC1=CC[C@@H](C(C)C)CO1. The normalized spacial score (nSPS) is 21.1. The molecule has 0 aromatic rings. The van der Waals surface area contributed by atoms with Gasteiger partial charge in [0.15, 0.2) is 0 Å². The molecular formula is C13H21IO. The monoisotopic (exact) mass is 320 g/mol. The maximum absolute atomic E-state index is 5.76. The molecule has 1 rings (SSSR count). The van der Waals surface area contributed by atoms with Gasteiger partial charge in [0.2, 0.25) is 0 Å². The van der Waals surface area contributed by atoms with E-state index < -0.39 is 0 Å². The molecule has 1 aliphatic rings. The molecule has 0 saturated carbocycles. The maximum Gasteiger partial charge on any atom is 0.0920 e. The topological polar surface area (TPSA) is 9.23 Å². The molecule has 0 spiro atoms. The van der Waals surface area contributed by atoms with Crippen LogP contribution in [0.25, 0.3) is 0 Å². The van der Waals surface area contributed by atoms with Crippen molar-refractivity contribution in [2.24, 2.45) is 11.8 Å². The number of hydrogen-bond donors (Lipinski definition) is 0. The third kappa shape index (κ3) is 5.05. The summed E-state index contributed by atoms with van der Waals surface area (Å²) in [6.07, 6.45) is 6.82. The molecule has 0 aromatic heterocycles. The smallest absolute Gasteiger partial charge is 0.0920 e.